The lowest BCUT2D eigenvalue weighted by Crippen LogP contribution is -2.28. The molecule has 0 unspecified atom stereocenters. The van der Waals surface area contributed by atoms with E-state index in [1.54, 1.807) is 11.6 Å². The van der Waals surface area contributed by atoms with Crippen LogP contribution in [0.1, 0.15) is 12.8 Å². The lowest BCUT2D eigenvalue weighted by molar-refractivity contribution is -0.140. The van der Waals surface area contributed by atoms with Gasteiger partial charge >= 0.3 is 5.97 Å². The van der Waals surface area contributed by atoms with E-state index in [0.717, 1.165) is 0 Å². The molecule has 0 aliphatic carbocycles. The maximum Gasteiger partial charge on any atom is 0.305 e. The molecule has 0 spiro atoms. The van der Waals surface area contributed by atoms with Crippen LogP contribution in [0.2, 0.25) is 0 Å². The van der Waals surface area contributed by atoms with Gasteiger partial charge in [-0.1, -0.05) is 0 Å². The number of aromatic nitrogens is 2. The Morgan fingerprint density at radius 1 is 1.56 bits per heavy atom. The third-order valence-corrected chi connectivity index (χ3v) is 4.18. The third kappa shape index (κ3) is 3.54. The van der Waals surface area contributed by atoms with Gasteiger partial charge in [0, 0.05) is 33.3 Å². The zero-order chi connectivity index (χ0) is 13.8. The number of carbonyl (C=O) groups excluding carboxylic acids is 1. The molecule has 0 aromatic carbocycles. The minimum atomic E-state index is -3.57. The molecule has 0 atom stereocenters. The van der Waals surface area contributed by atoms with Gasteiger partial charge < -0.3 is 9.30 Å². The summed E-state index contributed by atoms with van der Waals surface area (Å²) in [7, 11) is 0.886. The molecule has 8 heteroatoms. The Labute approximate surface area is 106 Å². The van der Waals surface area contributed by atoms with Crippen molar-refractivity contribution >= 4 is 16.0 Å². The number of hydrogen-bond donors (Lipinski definition) is 0. The molecule has 1 rings (SSSR count). The van der Waals surface area contributed by atoms with Gasteiger partial charge in [-0.2, -0.15) is 4.31 Å². The fourth-order valence-corrected chi connectivity index (χ4v) is 2.52. The van der Waals surface area contributed by atoms with Crippen LogP contribution in [0.15, 0.2) is 17.6 Å². The van der Waals surface area contributed by atoms with Crippen molar-refractivity contribution in [2.45, 2.75) is 17.9 Å². The zero-order valence-corrected chi connectivity index (χ0v) is 11.5. The molecular weight excluding hydrogens is 258 g/mol. The maximum absolute atomic E-state index is 12.0. The second-order valence-electron chi connectivity index (χ2n) is 3.88. The Balaban J connectivity index is 2.60. The molecule has 1 aromatic heterocycles. The van der Waals surface area contributed by atoms with E-state index >= 15 is 0 Å². The van der Waals surface area contributed by atoms with Gasteiger partial charge in [-0.3, -0.25) is 4.79 Å². The number of ether oxygens (including phenoxy) is 1. The van der Waals surface area contributed by atoms with Gasteiger partial charge in [0.15, 0.2) is 5.03 Å². The van der Waals surface area contributed by atoms with Crippen molar-refractivity contribution < 1.29 is 17.9 Å². The largest absolute Gasteiger partial charge is 0.469 e. The molecule has 102 valence electrons. The van der Waals surface area contributed by atoms with E-state index in [-0.39, 0.29) is 24.0 Å². The van der Waals surface area contributed by atoms with Gasteiger partial charge in [-0.15, -0.1) is 0 Å². The first-order chi connectivity index (χ1) is 8.37. The molecule has 0 saturated heterocycles. The average molecular weight is 275 g/mol. The predicted molar refractivity (Wildman–Crippen MR) is 64.3 cm³/mol. The molecule has 1 heterocycles. The molecule has 7 nitrogen and oxygen atoms in total. The van der Waals surface area contributed by atoms with Crippen molar-refractivity contribution in [2.75, 3.05) is 20.7 Å². The lowest BCUT2D eigenvalue weighted by Gasteiger charge is -2.14. The minimum Gasteiger partial charge on any atom is -0.469 e. The molecular formula is C10H17N3O4S. The lowest BCUT2D eigenvalue weighted by atomic mass is 10.3. The summed E-state index contributed by atoms with van der Waals surface area (Å²) in [5, 5.41) is 0.00516. The SMILES string of the molecule is COC(=O)CCCN(C)S(=O)(=O)c1cn(C)cn1. The molecule has 0 amide bonds. The number of hydrogen-bond acceptors (Lipinski definition) is 5. The van der Waals surface area contributed by atoms with Crippen molar-refractivity contribution in [3.8, 4) is 0 Å². The topological polar surface area (TPSA) is 81.5 Å². The van der Waals surface area contributed by atoms with E-state index in [1.807, 2.05) is 0 Å². The van der Waals surface area contributed by atoms with Gasteiger partial charge in [0.2, 0.25) is 0 Å². The number of aryl methyl sites for hydroxylation is 1. The Morgan fingerprint density at radius 3 is 2.72 bits per heavy atom. The number of esters is 1. The molecule has 0 saturated carbocycles. The quantitative estimate of drug-likeness (QED) is 0.682. The Kier molecular flexibility index (Phi) is 4.85. The van der Waals surface area contributed by atoms with E-state index in [9.17, 15) is 13.2 Å². The van der Waals surface area contributed by atoms with Gasteiger partial charge in [0.1, 0.15) is 0 Å². The van der Waals surface area contributed by atoms with Gasteiger partial charge in [0.05, 0.1) is 13.4 Å². The number of nitrogens with zero attached hydrogens (tertiary/aromatic N) is 3. The van der Waals surface area contributed by atoms with Crippen LogP contribution < -0.4 is 0 Å². The first-order valence-electron chi connectivity index (χ1n) is 5.39. The maximum atomic E-state index is 12.0. The van der Waals surface area contributed by atoms with Crippen LogP contribution in [0.25, 0.3) is 0 Å². The summed E-state index contributed by atoms with van der Waals surface area (Å²) in [5.74, 6) is -0.348. The van der Waals surface area contributed by atoms with Crippen LogP contribution in [-0.4, -0.2) is 48.9 Å². The highest BCUT2D eigenvalue weighted by atomic mass is 32.2. The normalized spacial score (nSPS) is 11.8. The van der Waals surface area contributed by atoms with Crippen LogP contribution in [0.5, 0.6) is 0 Å². The molecule has 18 heavy (non-hydrogen) atoms. The molecule has 0 N–H and O–H groups in total. The third-order valence-electron chi connectivity index (χ3n) is 2.44. The molecule has 0 fully saturated rings. The van der Waals surface area contributed by atoms with Crippen LogP contribution in [-0.2, 0) is 26.6 Å². The Morgan fingerprint density at radius 2 is 2.22 bits per heavy atom. The highest BCUT2D eigenvalue weighted by Crippen LogP contribution is 2.11. The second kappa shape index (κ2) is 5.96. The first-order valence-corrected chi connectivity index (χ1v) is 6.83. The summed E-state index contributed by atoms with van der Waals surface area (Å²) >= 11 is 0. The van der Waals surface area contributed by atoms with Crippen LogP contribution in [0.3, 0.4) is 0 Å². The smallest absolute Gasteiger partial charge is 0.305 e. The van der Waals surface area contributed by atoms with Crippen LogP contribution in [0, 0.1) is 0 Å². The summed E-state index contributed by atoms with van der Waals surface area (Å²) in [6.45, 7) is 0.244. The molecule has 0 aliphatic heterocycles. The summed E-state index contributed by atoms with van der Waals surface area (Å²) in [5.41, 5.74) is 0. The van der Waals surface area contributed by atoms with Gasteiger partial charge in [0.25, 0.3) is 10.0 Å². The predicted octanol–water partition coefficient (Wildman–Crippen LogP) is -0.00620. The van der Waals surface area contributed by atoms with Gasteiger partial charge in [-0.25, -0.2) is 13.4 Å². The zero-order valence-electron chi connectivity index (χ0n) is 10.7. The number of carbonyl (C=O) groups is 1. The number of methoxy groups -OCH3 is 1. The van der Waals surface area contributed by atoms with E-state index in [1.165, 1.54) is 31.0 Å². The van der Waals surface area contributed by atoms with Gasteiger partial charge in [-0.05, 0) is 6.42 Å². The van der Waals surface area contributed by atoms with Crippen molar-refractivity contribution in [3.05, 3.63) is 12.5 Å². The Bertz CT molecular complexity index is 509. The summed E-state index contributed by atoms with van der Waals surface area (Å²) in [6, 6.07) is 0. The molecule has 0 radical (unpaired) electrons. The number of rotatable bonds is 6. The van der Waals surface area contributed by atoms with E-state index in [4.69, 9.17) is 0 Å². The van der Waals surface area contributed by atoms with E-state index < -0.39 is 10.0 Å². The highest BCUT2D eigenvalue weighted by molar-refractivity contribution is 7.89. The molecule has 0 bridgehead atoms. The van der Waals surface area contributed by atoms with Crippen molar-refractivity contribution in [1.82, 2.24) is 13.9 Å². The van der Waals surface area contributed by atoms with Crippen molar-refractivity contribution in [2.24, 2.45) is 7.05 Å². The van der Waals surface area contributed by atoms with Crippen LogP contribution >= 0.6 is 0 Å². The van der Waals surface area contributed by atoms with Crippen LogP contribution in [0.4, 0.5) is 0 Å². The van der Waals surface area contributed by atoms with Crippen molar-refractivity contribution in [1.29, 1.82) is 0 Å². The average Bonchev–Trinajstić information content (AvgIpc) is 2.76. The fourth-order valence-electron chi connectivity index (χ4n) is 1.35. The molecule has 0 aliphatic rings. The highest BCUT2D eigenvalue weighted by Gasteiger charge is 2.22. The van der Waals surface area contributed by atoms with E-state index in [2.05, 4.69) is 9.72 Å². The first kappa shape index (κ1) is 14.7. The van der Waals surface area contributed by atoms with Crippen molar-refractivity contribution in [3.63, 3.8) is 0 Å². The summed E-state index contributed by atoms with van der Waals surface area (Å²) < 4.78 is 31.3. The summed E-state index contributed by atoms with van der Waals surface area (Å²) in [6.07, 6.45) is 3.47. The summed E-state index contributed by atoms with van der Waals surface area (Å²) in [4.78, 5) is 14.7. The monoisotopic (exact) mass is 275 g/mol. The fraction of sp³-hybridized carbons (Fsp3) is 0.600. The number of sulfonamides is 1. The Hall–Kier alpha value is -1.41. The standard InChI is InChI=1S/C10H17N3O4S/c1-12-7-9(11-8-12)18(15,16)13(2)6-4-5-10(14)17-3/h7-8H,4-6H2,1-3H3. The second-order valence-corrected chi connectivity index (χ2v) is 5.88. The number of imidazole rings is 1. The molecule has 1 aromatic rings. The minimum absolute atomic E-state index is 0.00516. The van der Waals surface area contributed by atoms with E-state index in [0.29, 0.717) is 6.42 Å².